The summed E-state index contributed by atoms with van der Waals surface area (Å²) in [5, 5.41) is 13.7. The molecule has 3 heterocycles. The van der Waals surface area contributed by atoms with Crippen LogP contribution in [0.5, 0.6) is 0 Å². The van der Waals surface area contributed by atoms with Gasteiger partial charge < -0.3 is 0 Å². The molecule has 1 aromatic carbocycles. The van der Waals surface area contributed by atoms with Crippen molar-refractivity contribution in [3.05, 3.63) is 70.3 Å². The third kappa shape index (κ3) is 2.26. The Balaban J connectivity index is 2.04. The zero-order valence-corrected chi connectivity index (χ0v) is 16.1. The van der Waals surface area contributed by atoms with Crippen LogP contribution in [0.2, 0.25) is 0 Å². The quantitative estimate of drug-likeness (QED) is 0.639. The highest BCUT2D eigenvalue weighted by molar-refractivity contribution is 6.16. The Labute approximate surface area is 158 Å². The van der Waals surface area contributed by atoms with Crippen molar-refractivity contribution in [2.24, 2.45) is 4.99 Å². The lowest BCUT2D eigenvalue weighted by Gasteiger charge is -2.44. The van der Waals surface area contributed by atoms with Crippen LogP contribution in [0.15, 0.2) is 41.5 Å². The van der Waals surface area contributed by atoms with E-state index in [2.05, 4.69) is 11.2 Å². The van der Waals surface area contributed by atoms with Gasteiger partial charge in [-0.1, -0.05) is 26.0 Å². The third-order valence-corrected chi connectivity index (χ3v) is 6.13. The number of halogens is 1. The van der Waals surface area contributed by atoms with Gasteiger partial charge in [-0.2, -0.15) is 10.4 Å². The van der Waals surface area contributed by atoms with Gasteiger partial charge in [0.1, 0.15) is 17.6 Å². The molecule has 0 unspecified atom stereocenters. The molecule has 2 aromatic heterocycles. The van der Waals surface area contributed by atoms with Crippen LogP contribution in [0.1, 0.15) is 55.6 Å². The molecule has 0 atom stereocenters. The monoisotopic (exact) mass is 360 g/mol. The molecule has 27 heavy (non-hydrogen) atoms. The first-order valence-corrected chi connectivity index (χ1v) is 8.96. The first kappa shape index (κ1) is 17.4. The van der Waals surface area contributed by atoms with Crippen molar-refractivity contribution in [2.45, 2.75) is 45.6 Å². The van der Waals surface area contributed by atoms with Gasteiger partial charge in [-0.25, -0.2) is 8.91 Å². The first-order valence-electron chi connectivity index (χ1n) is 8.96. The van der Waals surface area contributed by atoms with E-state index >= 15 is 0 Å². The second-order valence-corrected chi connectivity index (χ2v) is 8.12. The lowest BCUT2D eigenvalue weighted by Crippen LogP contribution is -2.47. The summed E-state index contributed by atoms with van der Waals surface area (Å²) in [7, 11) is 0. The van der Waals surface area contributed by atoms with Crippen LogP contribution in [0.4, 0.5) is 4.39 Å². The van der Waals surface area contributed by atoms with E-state index in [0.29, 0.717) is 11.3 Å². The predicted octanol–water partition coefficient (Wildman–Crippen LogP) is 4.56. The van der Waals surface area contributed by atoms with Gasteiger partial charge in [0.2, 0.25) is 0 Å². The van der Waals surface area contributed by atoms with E-state index in [1.54, 1.807) is 22.8 Å². The van der Waals surface area contributed by atoms with Gasteiger partial charge in [0.05, 0.1) is 23.0 Å². The molecule has 5 heteroatoms. The highest BCUT2D eigenvalue weighted by Crippen LogP contribution is 2.45. The maximum atomic E-state index is 14.9. The number of aromatic nitrogens is 2. The number of nitriles is 1. The molecule has 4 nitrogen and oxygen atoms in total. The lowest BCUT2D eigenvalue weighted by molar-refractivity contribution is 0.293. The standard InChI is InChI=1S/C22H21FN4/c1-13-16(12-25-27-14(11-24)9-10-18(13)27)20-15-7-6-8-17(23)19(15)21(2,3)22(4,5)26-20/h6-10,12H,1-5H3. The summed E-state index contributed by atoms with van der Waals surface area (Å²) in [6.45, 7) is 10.1. The molecule has 4 rings (SSSR count). The minimum absolute atomic E-state index is 0.209. The third-order valence-electron chi connectivity index (χ3n) is 6.13. The molecule has 1 aliphatic heterocycles. The summed E-state index contributed by atoms with van der Waals surface area (Å²) in [6.07, 6.45) is 1.73. The molecule has 0 N–H and O–H groups in total. The zero-order chi connectivity index (χ0) is 19.6. The fourth-order valence-corrected chi connectivity index (χ4v) is 3.86. The lowest BCUT2D eigenvalue weighted by atomic mass is 9.65. The molecule has 1 aliphatic rings. The number of aryl methyl sites for hydroxylation is 1. The van der Waals surface area contributed by atoms with E-state index < -0.39 is 11.0 Å². The minimum Gasteiger partial charge on any atom is -0.277 e. The second-order valence-electron chi connectivity index (χ2n) is 8.12. The minimum atomic E-state index is -0.490. The highest BCUT2D eigenvalue weighted by Gasteiger charge is 2.45. The molecule has 0 bridgehead atoms. The highest BCUT2D eigenvalue weighted by atomic mass is 19.1. The molecule has 0 spiro atoms. The molecular formula is C22H21FN4. The Morgan fingerprint density at radius 1 is 1.07 bits per heavy atom. The Kier molecular flexibility index (Phi) is 3.55. The normalized spacial score (nSPS) is 17.3. The van der Waals surface area contributed by atoms with Crippen LogP contribution < -0.4 is 0 Å². The van der Waals surface area contributed by atoms with Crippen LogP contribution in [0, 0.1) is 24.1 Å². The van der Waals surface area contributed by atoms with Crippen molar-refractivity contribution in [1.82, 2.24) is 9.61 Å². The fraction of sp³-hybridized carbons (Fsp3) is 0.318. The number of nitrogens with zero attached hydrogens (tertiary/aromatic N) is 4. The van der Waals surface area contributed by atoms with Crippen molar-refractivity contribution >= 4 is 11.2 Å². The van der Waals surface area contributed by atoms with Crippen molar-refractivity contribution in [3.63, 3.8) is 0 Å². The van der Waals surface area contributed by atoms with Crippen LogP contribution in [0.3, 0.4) is 0 Å². The maximum Gasteiger partial charge on any atom is 0.142 e. The molecule has 0 saturated heterocycles. The smallest absolute Gasteiger partial charge is 0.142 e. The topological polar surface area (TPSA) is 53.5 Å². The second kappa shape index (κ2) is 5.50. The SMILES string of the molecule is Cc1c(C2=NC(C)(C)C(C)(C)c3c(F)cccc32)cnn2c(C#N)ccc12. The molecule has 0 aliphatic carbocycles. The summed E-state index contributed by atoms with van der Waals surface area (Å²) in [5.74, 6) is -0.209. The summed E-state index contributed by atoms with van der Waals surface area (Å²) >= 11 is 0. The molecular weight excluding hydrogens is 339 g/mol. The van der Waals surface area contributed by atoms with E-state index in [1.807, 2.05) is 46.8 Å². The summed E-state index contributed by atoms with van der Waals surface area (Å²) < 4.78 is 16.5. The van der Waals surface area contributed by atoms with Crippen LogP contribution in [-0.4, -0.2) is 20.9 Å². The maximum absolute atomic E-state index is 14.9. The van der Waals surface area contributed by atoms with Gasteiger partial charge in [0.15, 0.2) is 0 Å². The van der Waals surface area contributed by atoms with Gasteiger partial charge in [-0.05, 0) is 44.5 Å². The summed E-state index contributed by atoms with van der Waals surface area (Å²) in [5.41, 5.74) is 4.47. The van der Waals surface area contributed by atoms with Crippen LogP contribution in [-0.2, 0) is 5.41 Å². The largest absolute Gasteiger partial charge is 0.277 e. The van der Waals surface area contributed by atoms with E-state index in [0.717, 1.165) is 27.9 Å². The van der Waals surface area contributed by atoms with Crippen LogP contribution in [0.25, 0.3) is 5.52 Å². The van der Waals surface area contributed by atoms with Gasteiger partial charge in [-0.15, -0.1) is 0 Å². The van der Waals surface area contributed by atoms with Gasteiger partial charge >= 0.3 is 0 Å². The molecule has 0 saturated carbocycles. The van der Waals surface area contributed by atoms with E-state index in [1.165, 1.54) is 6.07 Å². The Morgan fingerprint density at radius 3 is 2.52 bits per heavy atom. The molecule has 0 radical (unpaired) electrons. The summed E-state index contributed by atoms with van der Waals surface area (Å²) in [4.78, 5) is 5.05. The summed E-state index contributed by atoms with van der Waals surface area (Å²) in [6, 6.07) is 10.9. The number of benzene rings is 1. The Hall–Kier alpha value is -3.00. The van der Waals surface area contributed by atoms with Crippen molar-refractivity contribution < 1.29 is 4.39 Å². The van der Waals surface area contributed by atoms with E-state index in [-0.39, 0.29) is 5.82 Å². The number of hydrogen-bond donors (Lipinski definition) is 0. The number of fused-ring (bicyclic) bond motifs is 2. The molecule has 0 amide bonds. The molecule has 136 valence electrons. The molecule has 0 fully saturated rings. The Morgan fingerprint density at radius 2 is 1.81 bits per heavy atom. The number of hydrogen-bond acceptors (Lipinski definition) is 3. The first-order chi connectivity index (χ1) is 12.7. The van der Waals surface area contributed by atoms with Crippen LogP contribution >= 0.6 is 0 Å². The number of rotatable bonds is 1. The average molecular weight is 360 g/mol. The van der Waals surface area contributed by atoms with E-state index in [4.69, 9.17) is 4.99 Å². The van der Waals surface area contributed by atoms with Gasteiger partial charge in [0.25, 0.3) is 0 Å². The van der Waals surface area contributed by atoms with E-state index in [9.17, 15) is 9.65 Å². The van der Waals surface area contributed by atoms with Gasteiger partial charge in [-0.3, -0.25) is 4.99 Å². The van der Waals surface area contributed by atoms with Crippen molar-refractivity contribution in [2.75, 3.05) is 0 Å². The average Bonchev–Trinajstić information content (AvgIpc) is 3.03. The fourth-order valence-electron chi connectivity index (χ4n) is 3.86. The number of aliphatic imine (C=N–C) groups is 1. The van der Waals surface area contributed by atoms with Gasteiger partial charge in [0, 0.05) is 22.1 Å². The van der Waals surface area contributed by atoms with Crippen molar-refractivity contribution in [3.8, 4) is 6.07 Å². The predicted molar refractivity (Wildman–Crippen MR) is 104 cm³/mol. The molecule has 3 aromatic rings. The zero-order valence-electron chi connectivity index (χ0n) is 16.1. The van der Waals surface area contributed by atoms with Crippen molar-refractivity contribution in [1.29, 1.82) is 5.26 Å². The Bertz CT molecular complexity index is 1160.